The molecule has 0 saturated carbocycles. The van der Waals surface area contributed by atoms with E-state index in [1.165, 1.54) is 13.2 Å². The monoisotopic (exact) mass is 221 g/mol. The Hall–Kier alpha value is 1.88. The quantitative estimate of drug-likeness (QED) is 0.530. The van der Waals surface area contributed by atoms with Crippen LogP contribution < -0.4 is 0 Å². The fourth-order valence-electron chi connectivity index (χ4n) is 0. The van der Waals surface area contributed by atoms with E-state index in [-0.39, 0.29) is 65.4 Å². The Morgan fingerprint density at radius 3 is 1.40 bits per heavy atom. The Labute approximate surface area is 82.0 Å². The van der Waals surface area contributed by atoms with Gasteiger partial charge in [0.15, 0.2) is 0 Å². The molecule has 0 fully saturated rings. The molecule has 0 N–H and O–H groups in total. The normalized spacial score (nSPS) is 2.60. The Morgan fingerprint density at radius 1 is 1.40 bits per heavy atom. The van der Waals surface area contributed by atoms with Gasteiger partial charge >= 0.3 is 0 Å². The van der Waals surface area contributed by atoms with Crippen molar-refractivity contribution in [3.63, 3.8) is 0 Å². The number of rotatable bonds is 0. The molecule has 0 aromatic heterocycles. The van der Waals surface area contributed by atoms with Gasteiger partial charge in [-0.15, -0.1) is 0 Å². The molecule has 0 saturated heterocycles. The van der Waals surface area contributed by atoms with Gasteiger partial charge in [0.05, 0.1) is 0 Å². The van der Waals surface area contributed by atoms with E-state index >= 15 is 0 Å². The fourth-order valence-corrected chi connectivity index (χ4v) is 0. The first-order valence-corrected chi connectivity index (χ1v) is 0.704. The standard InChI is InChI=1S/C2H3O.2Y/c1-2-3;;/h1H3;;/q-1;;. The molecule has 0 aliphatic heterocycles. The minimum absolute atomic E-state index is 0. The molecule has 24 valence electrons. The average molecular weight is 221 g/mol. The first-order valence-electron chi connectivity index (χ1n) is 0.704. The molecule has 0 rings (SSSR count). The van der Waals surface area contributed by atoms with Crippen LogP contribution >= 0.6 is 0 Å². The van der Waals surface area contributed by atoms with Crippen molar-refractivity contribution in [3.8, 4) is 0 Å². The minimum Gasteiger partial charge on any atom is -0.542 e. The molecule has 0 aromatic carbocycles. The van der Waals surface area contributed by atoms with E-state index in [2.05, 4.69) is 0 Å². The predicted molar refractivity (Wildman–Crippen MR) is 11.4 cm³/mol. The van der Waals surface area contributed by atoms with Gasteiger partial charge in [-0.05, 0) is 0 Å². The zero-order valence-electron chi connectivity index (χ0n) is 3.06. The van der Waals surface area contributed by atoms with Gasteiger partial charge in [-0.25, -0.2) is 0 Å². The third-order valence-corrected chi connectivity index (χ3v) is 0. The summed E-state index contributed by atoms with van der Waals surface area (Å²) in [6.07, 6.45) is 1.50. The summed E-state index contributed by atoms with van der Waals surface area (Å²) in [5.41, 5.74) is 0. The van der Waals surface area contributed by atoms with Gasteiger partial charge in [-0.1, -0.05) is 0 Å². The largest absolute Gasteiger partial charge is 0.542 e. The maximum Gasteiger partial charge on any atom is 0 e. The van der Waals surface area contributed by atoms with Crippen molar-refractivity contribution >= 4 is 6.29 Å². The van der Waals surface area contributed by atoms with Crippen molar-refractivity contribution in [3.05, 3.63) is 0 Å². The van der Waals surface area contributed by atoms with Crippen LogP contribution in [0.1, 0.15) is 6.92 Å². The second kappa shape index (κ2) is 16.9. The van der Waals surface area contributed by atoms with Crippen LogP contribution in [0.2, 0.25) is 0 Å². The Bertz CT molecular complexity index is 15.1. The minimum atomic E-state index is 0. The van der Waals surface area contributed by atoms with Crippen molar-refractivity contribution in [1.29, 1.82) is 0 Å². The number of hydrogen-bond acceptors (Lipinski definition) is 1. The van der Waals surface area contributed by atoms with Crippen LogP contribution in [0.15, 0.2) is 0 Å². The van der Waals surface area contributed by atoms with Crippen molar-refractivity contribution in [1.82, 2.24) is 0 Å². The van der Waals surface area contributed by atoms with E-state index in [0.717, 1.165) is 0 Å². The van der Waals surface area contributed by atoms with Crippen LogP contribution in [0.5, 0.6) is 0 Å². The summed E-state index contributed by atoms with van der Waals surface area (Å²) < 4.78 is 0. The van der Waals surface area contributed by atoms with Crippen molar-refractivity contribution in [2.75, 3.05) is 0 Å². The maximum atomic E-state index is 8.68. The molecular formula is C2H3OY2-. The summed E-state index contributed by atoms with van der Waals surface area (Å²) in [5.74, 6) is 0. The molecule has 3 heteroatoms. The molecule has 0 aliphatic carbocycles. The molecular weight excluding hydrogens is 218 g/mol. The third-order valence-electron chi connectivity index (χ3n) is 0. The summed E-state index contributed by atoms with van der Waals surface area (Å²) in [5, 5.41) is 0. The van der Waals surface area contributed by atoms with Crippen LogP contribution in [0, 0.1) is 0 Å². The molecule has 0 aromatic rings. The van der Waals surface area contributed by atoms with Crippen molar-refractivity contribution in [2.24, 2.45) is 0 Å². The molecule has 0 amide bonds. The molecule has 1 nitrogen and oxygen atoms in total. The number of hydrogen-bond donors (Lipinski definition) is 0. The molecule has 0 bridgehead atoms. The summed E-state index contributed by atoms with van der Waals surface area (Å²) in [6, 6.07) is 0. The second-order valence-corrected chi connectivity index (χ2v) is 0.204. The third kappa shape index (κ3) is 25.1. The second-order valence-electron chi connectivity index (χ2n) is 0.204. The number of carbonyl (C=O) groups excluding carboxylic acids is 1. The molecule has 0 heterocycles. The molecule has 0 atom stereocenters. The van der Waals surface area contributed by atoms with Gasteiger partial charge < -0.3 is 4.79 Å². The van der Waals surface area contributed by atoms with E-state index in [9.17, 15) is 0 Å². The van der Waals surface area contributed by atoms with Crippen molar-refractivity contribution in [2.45, 2.75) is 6.92 Å². The molecule has 0 spiro atoms. The topological polar surface area (TPSA) is 17.1 Å². The Kier molecular flexibility index (Phi) is 53.4. The summed E-state index contributed by atoms with van der Waals surface area (Å²) >= 11 is 0. The molecule has 2 radical (unpaired) electrons. The van der Waals surface area contributed by atoms with Gasteiger partial charge in [0, 0.05) is 65.4 Å². The van der Waals surface area contributed by atoms with Gasteiger partial charge in [0.25, 0.3) is 0 Å². The van der Waals surface area contributed by atoms with Gasteiger partial charge in [-0.2, -0.15) is 6.92 Å². The van der Waals surface area contributed by atoms with E-state index in [0.29, 0.717) is 0 Å². The Balaban J connectivity index is -0.0000000200. The SMILES string of the molecule is C[C-]=O.[Y].[Y]. The van der Waals surface area contributed by atoms with E-state index in [1.54, 1.807) is 0 Å². The predicted octanol–water partition coefficient (Wildman–Crippen LogP) is 0.111. The van der Waals surface area contributed by atoms with Crippen LogP contribution in [0.3, 0.4) is 0 Å². The van der Waals surface area contributed by atoms with Gasteiger partial charge in [0.2, 0.25) is 0 Å². The Morgan fingerprint density at radius 2 is 1.40 bits per heavy atom. The fraction of sp³-hybridized carbons (Fsp3) is 0.500. The van der Waals surface area contributed by atoms with Crippen LogP contribution in [0.4, 0.5) is 0 Å². The smallest absolute Gasteiger partial charge is 0 e. The van der Waals surface area contributed by atoms with Gasteiger partial charge in [0.1, 0.15) is 0 Å². The molecule has 5 heavy (non-hydrogen) atoms. The molecule has 0 unspecified atom stereocenters. The zero-order valence-corrected chi connectivity index (χ0v) is 8.74. The van der Waals surface area contributed by atoms with Crippen molar-refractivity contribution < 1.29 is 70.2 Å². The summed E-state index contributed by atoms with van der Waals surface area (Å²) in [4.78, 5) is 8.68. The van der Waals surface area contributed by atoms with E-state index in [1.807, 2.05) is 0 Å². The average Bonchev–Trinajstić information content (AvgIpc) is 0.918. The van der Waals surface area contributed by atoms with Crippen LogP contribution in [0.25, 0.3) is 0 Å². The molecule has 0 aliphatic rings. The first kappa shape index (κ1) is 15.8. The zero-order chi connectivity index (χ0) is 2.71. The first-order chi connectivity index (χ1) is 1.41. The van der Waals surface area contributed by atoms with E-state index in [4.69, 9.17) is 4.79 Å². The summed E-state index contributed by atoms with van der Waals surface area (Å²) in [7, 11) is 0. The summed E-state index contributed by atoms with van der Waals surface area (Å²) in [6.45, 7) is 1.32. The van der Waals surface area contributed by atoms with Gasteiger partial charge in [-0.3, -0.25) is 6.29 Å². The van der Waals surface area contributed by atoms with Crippen LogP contribution in [-0.2, 0) is 70.2 Å². The maximum absolute atomic E-state index is 8.68. The van der Waals surface area contributed by atoms with E-state index < -0.39 is 0 Å². The van der Waals surface area contributed by atoms with Crippen LogP contribution in [-0.4, -0.2) is 6.29 Å².